The lowest BCUT2D eigenvalue weighted by Crippen LogP contribution is -2.12. The maximum Gasteiger partial charge on any atom is 0.226 e. The summed E-state index contributed by atoms with van der Waals surface area (Å²) in [6.45, 7) is 2.02. The molecule has 1 N–H and O–H groups in total. The summed E-state index contributed by atoms with van der Waals surface area (Å²) in [4.78, 5) is 17.9. The molecular formula is C20H20N2O2S. The van der Waals surface area contributed by atoms with Gasteiger partial charge in [0.2, 0.25) is 5.91 Å². The second-order valence-corrected chi connectivity index (χ2v) is 6.89. The van der Waals surface area contributed by atoms with E-state index < -0.39 is 0 Å². The number of nitrogens with one attached hydrogen (secondary N) is 1. The molecule has 3 aromatic rings. The van der Waals surface area contributed by atoms with Crippen LogP contribution in [0.25, 0.3) is 11.3 Å². The Morgan fingerprint density at radius 3 is 2.52 bits per heavy atom. The van der Waals surface area contributed by atoms with E-state index in [0.717, 1.165) is 27.4 Å². The second kappa shape index (κ2) is 7.94. The minimum absolute atomic E-state index is 0.0239. The second-order valence-electron chi connectivity index (χ2n) is 5.69. The highest BCUT2D eigenvalue weighted by molar-refractivity contribution is 7.16. The van der Waals surface area contributed by atoms with Crippen molar-refractivity contribution in [2.24, 2.45) is 0 Å². The third-order valence-electron chi connectivity index (χ3n) is 3.89. The summed E-state index contributed by atoms with van der Waals surface area (Å²) in [7, 11) is 1.64. The molecular weight excluding hydrogens is 332 g/mol. The van der Waals surface area contributed by atoms with Crippen molar-refractivity contribution in [3.05, 3.63) is 65.0 Å². The number of rotatable bonds is 6. The average Bonchev–Trinajstić information content (AvgIpc) is 3.01. The van der Waals surface area contributed by atoms with Gasteiger partial charge in [0.05, 0.1) is 12.8 Å². The standard InChI is InChI=1S/C20H20N2O2S/c1-14-19(16-6-4-3-5-7-16)22-20(25-14)21-18(23)13-10-15-8-11-17(24-2)12-9-15/h3-9,11-12H,10,13H2,1-2H3,(H,21,22,23). The topological polar surface area (TPSA) is 51.2 Å². The van der Waals surface area contributed by atoms with Gasteiger partial charge in [0.15, 0.2) is 5.13 Å². The quantitative estimate of drug-likeness (QED) is 0.700. The molecule has 1 amide bonds. The van der Waals surface area contributed by atoms with Crippen molar-refractivity contribution < 1.29 is 9.53 Å². The minimum atomic E-state index is -0.0239. The molecule has 0 fully saturated rings. The lowest BCUT2D eigenvalue weighted by Gasteiger charge is -2.04. The Labute approximate surface area is 151 Å². The van der Waals surface area contributed by atoms with Crippen LogP contribution in [0.1, 0.15) is 16.9 Å². The molecule has 0 unspecified atom stereocenters. The lowest BCUT2D eigenvalue weighted by molar-refractivity contribution is -0.116. The van der Waals surface area contributed by atoms with Crippen LogP contribution < -0.4 is 10.1 Å². The van der Waals surface area contributed by atoms with Crippen LogP contribution in [-0.2, 0) is 11.2 Å². The van der Waals surface area contributed by atoms with E-state index in [2.05, 4.69) is 10.3 Å². The van der Waals surface area contributed by atoms with Crippen molar-refractivity contribution in [3.8, 4) is 17.0 Å². The molecule has 0 aliphatic heterocycles. The smallest absolute Gasteiger partial charge is 0.226 e. The number of methoxy groups -OCH3 is 1. The number of hydrogen-bond acceptors (Lipinski definition) is 4. The molecule has 0 aliphatic carbocycles. The SMILES string of the molecule is COc1ccc(CCC(=O)Nc2nc(-c3ccccc3)c(C)s2)cc1. The molecule has 0 radical (unpaired) electrons. The molecule has 0 atom stereocenters. The maximum absolute atomic E-state index is 12.2. The van der Waals surface area contributed by atoms with Gasteiger partial charge in [-0.1, -0.05) is 42.5 Å². The number of benzene rings is 2. The number of ether oxygens (including phenoxy) is 1. The van der Waals surface area contributed by atoms with Gasteiger partial charge in [-0.15, -0.1) is 11.3 Å². The molecule has 3 rings (SSSR count). The van der Waals surface area contributed by atoms with E-state index in [-0.39, 0.29) is 5.91 Å². The summed E-state index contributed by atoms with van der Waals surface area (Å²) >= 11 is 1.50. The number of aromatic nitrogens is 1. The molecule has 25 heavy (non-hydrogen) atoms. The molecule has 5 heteroatoms. The Morgan fingerprint density at radius 2 is 1.84 bits per heavy atom. The molecule has 0 aliphatic rings. The number of aryl methyl sites for hydroxylation is 2. The molecule has 0 saturated heterocycles. The van der Waals surface area contributed by atoms with E-state index in [0.29, 0.717) is 18.0 Å². The van der Waals surface area contributed by atoms with Gasteiger partial charge in [0.1, 0.15) is 5.75 Å². The van der Waals surface area contributed by atoms with Gasteiger partial charge >= 0.3 is 0 Å². The van der Waals surface area contributed by atoms with Crippen LogP contribution in [0.4, 0.5) is 5.13 Å². The first-order chi connectivity index (χ1) is 12.2. The predicted molar refractivity (Wildman–Crippen MR) is 102 cm³/mol. The van der Waals surface area contributed by atoms with Gasteiger partial charge in [-0.3, -0.25) is 4.79 Å². The van der Waals surface area contributed by atoms with Crippen molar-refractivity contribution in [1.29, 1.82) is 0 Å². The number of thiazole rings is 1. The van der Waals surface area contributed by atoms with Gasteiger partial charge in [-0.05, 0) is 31.0 Å². The summed E-state index contributed by atoms with van der Waals surface area (Å²) in [6, 6.07) is 17.8. The first kappa shape index (κ1) is 17.2. The van der Waals surface area contributed by atoms with Crippen LogP contribution in [0, 0.1) is 6.92 Å². The molecule has 2 aromatic carbocycles. The molecule has 128 valence electrons. The molecule has 1 aromatic heterocycles. The number of carbonyl (C=O) groups is 1. The van der Waals surface area contributed by atoms with Crippen LogP contribution in [0.2, 0.25) is 0 Å². The van der Waals surface area contributed by atoms with Crippen LogP contribution in [-0.4, -0.2) is 18.0 Å². The van der Waals surface area contributed by atoms with Gasteiger partial charge in [0.25, 0.3) is 0 Å². The fourth-order valence-electron chi connectivity index (χ4n) is 2.55. The minimum Gasteiger partial charge on any atom is -0.497 e. The predicted octanol–water partition coefficient (Wildman–Crippen LogP) is 4.70. The molecule has 0 bridgehead atoms. The van der Waals surface area contributed by atoms with Gasteiger partial charge in [-0.25, -0.2) is 4.98 Å². The van der Waals surface area contributed by atoms with E-state index >= 15 is 0 Å². The highest BCUT2D eigenvalue weighted by Crippen LogP contribution is 2.30. The number of nitrogens with zero attached hydrogens (tertiary/aromatic N) is 1. The Kier molecular flexibility index (Phi) is 5.46. The Balaban J connectivity index is 1.59. The van der Waals surface area contributed by atoms with Crippen LogP contribution >= 0.6 is 11.3 Å². The van der Waals surface area contributed by atoms with Crippen molar-refractivity contribution in [3.63, 3.8) is 0 Å². The maximum atomic E-state index is 12.2. The van der Waals surface area contributed by atoms with E-state index in [1.54, 1.807) is 7.11 Å². The number of hydrogen-bond donors (Lipinski definition) is 1. The van der Waals surface area contributed by atoms with E-state index in [1.165, 1.54) is 11.3 Å². The van der Waals surface area contributed by atoms with Crippen molar-refractivity contribution in [2.75, 3.05) is 12.4 Å². The highest BCUT2D eigenvalue weighted by Gasteiger charge is 2.12. The monoisotopic (exact) mass is 352 g/mol. The van der Waals surface area contributed by atoms with Gasteiger partial charge in [-0.2, -0.15) is 0 Å². The number of amides is 1. The van der Waals surface area contributed by atoms with Crippen LogP contribution in [0.5, 0.6) is 5.75 Å². The van der Waals surface area contributed by atoms with E-state index in [4.69, 9.17) is 4.74 Å². The summed E-state index contributed by atoms with van der Waals surface area (Å²) in [6.07, 6.45) is 1.11. The summed E-state index contributed by atoms with van der Waals surface area (Å²) in [5.74, 6) is 0.795. The fourth-order valence-corrected chi connectivity index (χ4v) is 3.40. The van der Waals surface area contributed by atoms with Crippen molar-refractivity contribution in [1.82, 2.24) is 4.98 Å². The number of anilines is 1. The Morgan fingerprint density at radius 1 is 1.12 bits per heavy atom. The normalized spacial score (nSPS) is 10.5. The highest BCUT2D eigenvalue weighted by atomic mass is 32.1. The number of carbonyl (C=O) groups excluding carboxylic acids is 1. The average molecular weight is 352 g/mol. The molecule has 0 spiro atoms. The van der Waals surface area contributed by atoms with Crippen LogP contribution in [0.3, 0.4) is 0 Å². The zero-order valence-corrected chi connectivity index (χ0v) is 15.1. The largest absolute Gasteiger partial charge is 0.497 e. The molecule has 1 heterocycles. The zero-order valence-electron chi connectivity index (χ0n) is 14.3. The van der Waals surface area contributed by atoms with Crippen LogP contribution in [0.15, 0.2) is 54.6 Å². The first-order valence-corrected chi connectivity index (χ1v) is 8.93. The molecule has 0 saturated carbocycles. The molecule has 4 nitrogen and oxygen atoms in total. The Hall–Kier alpha value is -2.66. The van der Waals surface area contributed by atoms with Gasteiger partial charge < -0.3 is 10.1 Å². The third-order valence-corrected chi connectivity index (χ3v) is 4.78. The van der Waals surface area contributed by atoms with E-state index in [1.807, 2.05) is 61.5 Å². The lowest BCUT2D eigenvalue weighted by atomic mass is 10.1. The summed E-state index contributed by atoms with van der Waals surface area (Å²) in [5.41, 5.74) is 3.10. The van der Waals surface area contributed by atoms with Crippen molar-refractivity contribution in [2.45, 2.75) is 19.8 Å². The summed E-state index contributed by atoms with van der Waals surface area (Å²) in [5, 5.41) is 3.56. The Bertz CT molecular complexity index is 842. The van der Waals surface area contributed by atoms with Crippen molar-refractivity contribution >= 4 is 22.4 Å². The summed E-state index contributed by atoms with van der Waals surface area (Å²) < 4.78 is 5.14. The van der Waals surface area contributed by atoms with Gasteiger partial charge in [0, 0.05) is 16.9 Å². The third kappa shape index (κ3) is 4.45. The first-order valence-electron chi connectivity index (χ1n) is 8.11. The fraction of sp³-hybridized carbons (Fsp3) is 0.200. The van der Waals surface area contributed by atoms with E-state index in [9.17, 15) is 4.79 Å². The zero-order chi connectivity index (χ0) is 17.6.